The molecule has 1 unspecified atom stereocenters. The minimum Gasteiger partial charge on any atom is -0.481 e. The van der Waals surface area contributed by atoms with Crippen molar-refractivity contribution in [2.75, 3.05) is 13.1 Å². The fourth-order valence-electron chi connectivity index (χ4n) is 2.58. The Kier molecular flexibility index (Phi) is 6.63. The summed E-state index contributed by atoms with van der Waals surface area (Å²) in [6, 6.07) is 8.33. The van der Waals surface area contributed by atoms with Gasteiger partial charge in [-0.15, -0.1) is 12.4 Å². The molecule has 0 amide bonds. The molecule has 19 heavy (non-hydrogen) atoms. The lowest BCUT2D eigenvalue weighted by atomic mass is 10.0. The topological polar surface area (TPSA) is 40.5 Å². The molecule has 1 saturated heterocycles. The fourth-order valence-corrected chi connectivity index (χ4v) is 2.79. The maximum Gasteiger partial charge on any atom is 0.304 e. The summed E-state index contributed by atoms with van der Waals surface area (Å²) in [4.78, 5) is 12.9. The van der Waals surface area contributed by atoms with E-state index in [1.807, 2.05) is 18.2 Å². The van der Waals surface area contributed by atoms with Crippen LogP contribution in [0.15, 0.2) is 24.3 Å². The molecular weight excluding hydrogens is 285 g/mol. The average molecular weight is 304 g/mol. The number of carbonyl (C=O) groups is 1. The van der Waals surface area contributed by atoms with Crippen LogP contribution in [0.3, 0.4) is 0 Å². The Hall–Kier alpha value is -0.770. The SMILES string of the molecule is Cl.O=C(O)CCN1CCCC1Cc1ccccc1Cl. The van der Waals surface area contributed by atoms with E-state index in [0.717, 1.165) is 36.4 Å². The van der Waals surface area contributed by atoms with Crippen molar-refractivity contribution in [3.63, 3.8) is 0 Å². The van der Waals surface area contributed by atoms with E-state index in [4.69, 9.17) is 16.7 Å². The van der Waals surface area contributed by atoms with E-state index in [0.29, 0.717) is 12.6 Å². The molecule has 1 aromatic rings. The van der Waals surface area contributed by atoms with Crippen molar-refractivity contribution in [3.8, 4) is 0 Å². The molecule has 0 aliphatic carbocycles. The van der Waals surface area contributed by atoms with Crippen molar-refractivity contribution in [3.05, 3.63) is 34.9 Å². The molecule has 0 spiro atoms. The van der Waals surface area contributed by atoms with Gasteiger partial charge in [0.25, 0.3) is 0 Å². The summed E-state index contributed by atoms with van der Waals surface area (Å²) in [6.07, 6.45) is 3.41. The molecule has 1 aliphatic heterocycles. The van der Waals surface area contributed by atoms with E-state index in [2.05, 4.69) is 11.0 Å². The van der Waals surface area contributed by atoms with Crippen molar-refractivity contribution in [1.29, 1.82) is 0 Å². The van der Waals surface area contributed by atoms with E-state index in [1.54, 1.807) is 0 Å². The van der Waals surface area contributed by atoms with Crippen molar-refractivity contribution in [2.45, 2.75) is 31.7 Å². The Labute approximate surface area is 125 Å². The zero-order chi connectivity index (χ0) is 13.0. The summed E-state index contributed by atoms with van der Waals surface area (Å²) in [6.45, 7) is 1.65. The molecule has 0 bridgehead atoms. The summed E-state index contributed by atoms with van der Waals surface area (Å²) in [5, 5.41) is 9.55. The normalized spacial score (nSPS) is 19.1. The van der Waals surface area contributed by atoms with Crippen LogP contribution in [-0.4, -0.2) is 35.1 Å². The fraction of sp³-hybridized carbons (Fsp3) is 0.500. The molecular formula is C14H19Cl2NO2. The molecule has 0 saturated carbocycles. The summed E-state index contributed by atoms with van der Waals surface area (Å²) in [5.74, 6) is -0.724. The van der Waals surface area contributed by atoms with Gasteiger partial charge in [0.1, 0.15) is 0 Å². The first-order valence-electron chi connectivity index (χ1n) is 6.36. The number of aliphatic carboxylic acids is 1. The highest BCUT2D eigenvalue weighted by Crippen LogP contribution is 2.24. The van der Waals surface area contributed by atoms with Gasteiger partial charge < -0.3 is 5.11 Å². The minimum atomic E-state index is -0.724. The number of rotatable bonds is 5. The van der Waals surface area contributed by atoms with Crippen LogP contribution in [0.5, 0.6) is 0 Å². The van der Waals surface area contributed by atoms with Crippen LogP contribution in [-0.2, 0) is 11.2 Å². The molecule has 1 fully saturated rings. The number of benzene rings is 1. The van der Waals surface area contributed by atoms with Crippen LogP contribution in [0.1, 0.15) is 24.8 Å². The van der Waals surface area contributed by atoms with Gasteiger partial charge in [0.2, 0.25) is 0 Å². The van der Waals surface area contributed by atoms with E-state index in [-0.39, 0.29) is 18.8 Å². The number of carboxylic acids is 1. The number of hydrogen-bond acceptors (Lipinski definition) is 2. The Morgan fingerprint density at radius 1 is 1.42 bits per heavy atom. The highest BCUT2D eigenvalue weighted by Gasteiger charge is 2.25. The minimum absolute atomic E-state index is 0. The zero-order valence-electron chi connectivity index (χ0n) is 10.7. The van der Waals surface area contributed by atoms with Gasteiger partial charge in [0, 0.05) is 17.6 Å². The second kappa shape index (κ2) is 7.73. The molecule has 2 rings (SSSR count). The molecule has 0 aromatic heterocycles. The van der Waals surface area contributed by atoms with Crippen molar-refractivity contribution < 1.29 is 9.90 Å². The van der Waals surface area contributed by atoms with Crippen molar-refractivity contribution in [2.24, 2.45) is 0 Å². The molecule has 1 heterocycles. The third-order valence-electron chi connectivity index (χ3n) is 3.53. The van der Waals surface area contributed by atoms with Gasteiger partial charge in [0.05, 0.1) is 6.42 Å². The van der Waals surface area contributed by atoms with Crippen LogP contribution in [0.25, 0.3) is 0 Å². The molecule has 1 atom stereocenters. The van der Waals surface area contributed by atoms with E-state index >= 15 is 0 Å². The predicted octanol–water partition coefficient (Wildman–Crippen LogP) is 3.24. The summed E-state index contributed by atoms with van der Waals surface area (Å²) in [7, 11) is 0. The van der Waals surface area contributed by atoms with Gasteiger partial charge >= 0.3 is 5.97 Å². The Morgan fingerprint density at radius 2 is 2.16 bits per heavy atom. The van der Waals surface area contributed by atoms with Gasteiger partial charge in [-0.05, 0) is 37.4 Å². The Morgan fingerprint density at radius 3 is 2.84 bits per heavy atom. The van der Waals surface area contributed by atoms with Crippen LogP contribution < -0.4 is 0 Å². The molecule has 106 valence electrons. The molecule has 1 aliphatic rings. The molecule has 5 heteroatoms. The van der Waals surface area contributed by atoms with Gasteiger partial charge in [-0.25, -0.2) is 0 Å². The number of carboxylic acid groups (broad SMARTS) is 1. The largest absolute Gasteiger partial charge is 0.481 e. The van der Waals surface area contributed by atoms with Crippen LogP contribution in [0.4, 0.5) is 0 Å². The number of halogens is 2. The standard InChI is InChI=1S/C14H18ClNO2.ClH/c15-13-6-2-1-4-11(13)10-12-5-3-8-16(12)9-7-14(17)18;/h1-2,4,6,12H,3,5,7-10H2,(H,17,18);1H. The third-order valence-corrected chi connectivity index (χ3v) is 3.89. The van der Waals surface area contributed by atoms with Crippen molar-refractivity contribution >= 4 is 30.0 Å². The van der Waals surface area contributed by atoms with Crippen LogP contribution in [0, 0.1) is 0 Å². The highest BCUT2D eigenvalue weighted by atomic mass is 35.5. The lowest BCUT2D eigenvalue weighted by molar-refractivity contribution is -0.137. The number of likely N-dealkylation sites (tertiary alicyclic amines) is 1. The third kappa shape index (κ3) is 4.68. The van der Waals surface area contributed by atoms with E-state index in [9.17, 15) is 4.79 Å². The Bertz CT molecular complexity index is 426. The van der Waals surface area contributed by atoms with Gasteiger partial charge in [-0.3, -0.25) is 9.69 Å². The summed E-state index contributed by atoms with van der Waals surface area (Å²) in [5.41, 5.74) is 1.16. The first-order valence-corrected chi connectivity index (χ1v) is 6.74. The lowest BCUT2D eigenvalue weighted by Gasteiger charge is -2.24. The average Bonchev–Trinajstić information content (AvgIpc) is 2.77. The maximum absolute atomic E-state index is 10.6. The predicted molar refractivity (Wildman–Crippen MR) is 79.3 cm³/mol. The zero-order valence-corrected chi connectivity index (χ0v) is 12.3. The molecule has 3 nitrogen and oxygen atoms in total. The van der Waals surface area contributed by atoms with Crippen molar-refractivity contribution in [1.82, 2.24) is 4.90 Å². The van der Waals surface area contributed by atoms with Gasteiger partial charge in [0.15, 0.2) is 0 Å². The molecule has 1 N–H and O–H groups in total. The maximum atomic E-state index is 10.6. The first-order chi connectivity index (χ1) is 8.66. The van der Waals surface area contributed by atoms with E-state index < -0.39 is 5.97 Å². The molecule has 0 radical (unpaired) electrons. The second-order valence-corrected chi connectivity index (χ2v) is 5.18. The highest BCUT2D eigenvalue weighted by molar-refractivity contribution is 6.31. The van der Waals surface area contributed by atoms with Gasteiger partial charge in [-0.2, -0.15) is 0 Å². The molecule has 1 aromatic carbocycles. The van der Waals surface area contributed by atoms with Crippen LogP contribution in [0.2, 0.25) is 5.02 Å². The number of nitrogens with zero attached hydrogens (tertiary/aromatic N) is 1. The quantitative estimate of drug-likeness (QED) is 0.908. The van der Waals surface area contributed by atoms with E-state index in [1.165, 1.54) is 0 Å². The summed E-state index contributed by atoms with van der Waals surface area (Å²) < 4.78 is 0. The lowest BCUT2D eigenvalue weighted by Crippen LogP contribution is -2.33. The number of hydrogen-bond donors (Lipinski definition) is 1. The Balaban J connectivity index is 0.00000180. The van der Waals surface area contributed by atoms with Gasteiger partial charge in [-0.1, -0.05) is 29.8 Å². The first kappa shape index (κ1) is 16.3. The smallest absolute Gasteiger partial charge is 0.304 e. The second-order valence-electron chi connectivity index (χ2n) is 4.77. The monoisotopic (exact) mass is 303 g/mol. The summed E-state index contributed by atoms with van der Waals surface area (Å²) >= 11 is 6.17. The van der Waals surface area contributed by atoms with Crippen LogP contribution >= 0.6 is 24.0 Å².